The fraction of sp³-hybridized carbons (Fsp3) is 0.250. The molecule has 0 bridgehead atoms. The second-order valence-electron chi connectivity index (χ2n) is 5.16. The quantitative estimate of drug-likeness (QED) is 0.701. The number of aromatic nitrogens is 2. The third kappa shape index (κ3) is 2.98. The van der Waals surface area contributed by atoms with Crippen LogP contribution in [-0.2, 0) is 17.8 Å². The first-order chi connectivity index (χ1) is 10.6. The van der Waals surface area contributed by atoms with Gasteiger partial charge in [0.1, 0.15) is 0 Å². The number of amides is 1. The summed E-state index contributed by atoms with van der Waals surface area (Å²) < 4.78 is 2.89. The van der Waals surface area contributed by atoms with Crippen molar-refractivity contribution >= 4 is 46.1 Å². The molecule has 0 saturated carbocycles. The molecule has 0 aliphatic carbocycles. The summed E-state index contributed by atoms with van der Waals surface area (Å²) >= 11 is 6.56. The number of aryl methyl sites for hydroxylation is 2. The van der Waals surface area contributed by atoms with E-state index in [1.807, 2.05) is 25.1 Å². The van der Waals surface area contributed by atoms with E-state index >= 15 is 0 Å². The molecule has 0 spiro atoms. The van der Waals surface area contributed by atoms with E-state index < -0.39 is 0 Å². The molecule has 0 fully saturated rings. The van der Waals surface area contributed by atoms with Crippen molar-refractivity contribution < 1.29 is 4.79 Å². The second kappa shape index (κ2) is 6.06. The number of nitrogens with one attached hydrogen (secondary N) is 2. The molecule has 3 aromatic rings. The van der Waals surface area contributed by atoms with E-state index in [0.29, 0.717) is 10.4 Å². The Morgan fingerprint density at radius 3 is 2.91 bits per heavy atom. The summed E-state index contributed by atoms with van der Waals surface area (Å²) in [5.74, 6) is -0.0253. The molecule has 0 aliphatic heterocycles. The number of H-pyrrole nitrogens is 1. The average Bonchev–Trinajstić information content (AvgIpc) is 3.01. The summed E-state index contributed by atoms with van der Waals surface area (Å²) in [5, 5.41) is 4.09. The minimum Gasteiger partial charge on any atom is -0.348 e. The van der Waals surface area contributed by atoms with Crippen LogP contribution in [0, 0.1) is 10.9 Å². The lowest BCUT2D eigenvalue weighted by Crippen LogP contribution is -2.14. The van der Waals surface area contributed by atoms with Gasteiger partial charge < -0.3 is 14.9 Å². The van der Waals surface area contributed by atoms with Crippen LogP contribution >= 0.6 is 23.6 Å². The third-order valence-corrected chi connectivity index (χ3v) is 4.98. The largest absolute Gasteiger partial charge is 0.348 e. The van der Waals surface area contributed by atoms with Gasteiger partial charge in [-0.05, 0) is 50.3 Å². The minimum atomic E-state index is -0.0253. The first-order valence-corrected chi connectivity index (χ1v) is 8.36. The van der Waals surface area contributed by atoms with E-state index in [-0.39, 0.29) is 5.91 Å². The maximum atomic E-state index is 12.2. The van der Waals surface area contributed by atoms with Crippen molar-refractivity contribution in [3.8, 4) is 0 Å². The van der Waals surface area contributed by atoms with E-state index in [0.717, 1.165) is 28.2 Å². The van der Waals surface area contributed by atoms with E-state index in [1.54, 1.807) is 0 Å². The van der Waals surface area contributed by atoms with Crippen molar-refractivity contribution in [3.63, 3.8) is 0 Å². The number of rotatable bonds is 4. The SMILES string of the molecule is CCn1ccc2cc(NC(=O)Cc3sc(=S)[nH]c3C)ccc21. The van der Waals surface area contributed by atoms with Gasteiger partial charge in [-0.1, -0.05) is 0 Å². The van der Waals surface area contributed by atoms with E-state index in [9.17, 15) is 4.79 Å². The number of nitrogens with zero attached hydrogens (tertiary/aromatic N) is 1. The number of aromatic amines is 1. The van der Waals surface area contributed by atoms with Crippen molar-refractivity contribution in [3.05, 3.63) is 45.0 Å². The highest BCUT2D eigenvalue weighted by Crippen LogP contribution is 2.21. The number of hydrogen-bond donors (Lipinski definition) is 2. The van der Waals surface area contributed by atoms with E-state index in [2.05, 4.69) is 34.1 Å². The molecule has 0 unspecified atom stereocenters. The Labute approximate surface area is 137 Å². The predicted octanol–water partition coefficient (Wildman–Crippen LogP) is 4.27. The topological polar surface area (TPSA) is 49.8 Å². The molecule has 0 radical (unpaired) electrons. The van der Waals surface area contributed by atoms with E-state index in [1.165, 1.54) is 16.9 Å². The summed E-state index contributed by atoms with van der Waals surface area (Å²) in [4.78, 5) is 16.2. The second-order valence-corrected chi connectivity index (χ2v) is 6.93. The standard InChI is InChI=1S/C16H17N3OS2/c1-3-19-7-6-11-8-12(4-5-13(11)19)18-15(20)9-14-10(2)17-16(21)22-14/h4-8H,3,9H2,1-2H3,(H,17,21)(H,18,20). The van der Waals surface area contributed by atoms with Crippen LogP contribution in [-0.4, -0.2) is 15.5 Å². The fourth-order valence-electron chi connectivity index (χ4n) is 2.51. The smallest absolute Gasteiger partial charge is 0.229 e. The van der Waals surface area contributed by atoms with Crippen LogP contribution in [0.5, 0.6) is 0 Å². The van der Waals surface area contributed by atoms with Crippen LogP contribution < -0.4 is 5.32 Å². The summed E-state index contributed by atoms with van der Waals surface area (Å²) in [6.07, 6.45) is 2.41. The van der Waals surface area contributed by atoms with Gasteiger partial charge in [0.05, 0.1) is 6.42 Å². The summed E-state index contributed by atoms with van der Waals surface area (Å²) in [5.41, 5.74) is 2.98. The average molecular weight is 331 g/mol. The van der Waals surface area contributed by atoms with Crippen molar-refractivity contribution in [2.75, 3.05) is 5.32 Å². The molecule has 6 heteroatoms. The number of fused-ring (bicyclic) bond motifs is 1. The molecule has 0 atom stereocenters. The minimum absolute atomic E-state index is 0.0253. The number of carbonyl (C=O) groups is 1. The Kier molecular flexibility index (Phi) is 4.13. The molecule has 1 aromatic carbocycles. The van der Waals surface area contributed by atoms with Gasteiger partial charge in [0.2, 0.25) is 5.91 Å². The Morgan fingerprint density at radius 1 is 1.41 bits per heavy atom. The van der Waals surface area contributed by atoms with Crippen molar-refractivity contribution in [1.29, 1.82) is 0 Å². The van der Waals surface area contributed by atoms with Crippen LogP contribution in [0.1, 0.15) is 17.5 Å². The molecule has 4 nitrogen and oxygen atoms in total. The van der Waals surface area contributed by atoms with Gasteiger partial charge in [-0.15, -0.1) is 11.3 Å². The van der Waals surface area contributed by atoms with Gasteiger partial charge in [-0.2, -0.15) is 0 Å². The normalized spacial score (nSPS) is 11.0. The Morgan fingerprint density at radius 2 is 2.23 bits per heavy atom. The van der Waals surface area contributed by atoms with Crippen LogP contribution in [0.15, 0.2) is 30.5 Å². The Balaban J connectivity index is 1.76. The van der Waals surface area contributed by atoms with Gasteiger partial charge in [0, 0.05) is 39.9 Å². The summed E-state index contributed by atoms with van der Waals surface area (Å²) in [6.45, 7) is 4.99. The highest BCUT2D eigenvalue weighted by Gasteiger charge is 2.10. The number of anilines is 1. The van der Waals surface area contributed by atoms with Crippen LogP contribution in [0.4, 0.5) is 5.69 Å². The van der Waals surface area contributed by atoms with Gasteiger partial charge in [-0.3, -0.25) is 4.79 Å². The van der Waals surface area contributed by atoms with E-state index in [4.69, 9.17) is 12.2 Å². The van der Waals surface area contributed by atoms with Gasteiger partial charge >= 0.3 is 0 Å². The zero-order valence-electron chi connectivity index (χ0n) is 12.5. The van der Waals surface area contributed by atoms with Gasteiger partial charge in [0.25, 0.3) is 0 Å². The molecule has 2 N–H and O–H groups in total. The number of thiazole rings is 1. The van der Waals surface area contributed by atoms with Crippen LogP contribution in [0.2, 0.25) is 0 Å². The molecule has 2 heterocycles. The first kappa shape index (κ1) is 15.0. The number of carbonyl (C=O) groups excluding carboxylic acids is 1. The Bertz CT molecular complexity index is 888. The van der Waals surface area contributed by atoms with Crippen molar-refractivity contribution in [2.45, 2.75) is 26.8 Å². The van der Waals surface area contributed by atoms with Crippen LogP contribution in [0.25, 0.3) is 10.9 Å². The molecular formula is C16H17N3OS2. The lowest BCUT2D eigenvalue weighted by atomic mass is 10.2. The molecule has 3 rings (SSSR count). The lowest BCUT2D eigenvalue weighted by Gasteiger charge is -2.06. The number of hydrogen-bond acceptors (Lipinski definition) is 3. The van der Waals surface area contributed by atoms with Gasteiger partial charge in [0.15, 0.2) is 3.95 Å². The highest BCUT2D eigenvalue weighted by molar-refractivity contribution is 7.73. The molecule has 0 saturated heterocycles. The monoisotopic (exact) mass is 331 g/mol. The third-order valence-electron chi connectivity index (χ3n) is 3.64. The molecule has 114 valence electrons. The van der Waals surface area contributed by atoms with Crippen molar-refractivity contribution in [2.24, 2.45) is 0 Å². The summed E-state index contributed by atoms with van der Waals surface area (Å²) in [7, 11) is 0. The summed E-state index contributed by atoms with van der Waals surface area (Å²) in [6, 6.07) is 8.06. The Hall–Kier alpha value is -1.92. The maximum absolute atomic E-state index is 12.2. The lowest BCUT2D eigenvalue weighted by molar-refractivity contribution is -0.115. The molecule has 22 heavy (non-hydrogen) atoms. The van der Waals surface area contributed by atoms with Gasteiger partial charge in [-0.25, -0.2) is 0 Å². The fourth-order valence-corrected chi connectivity index (χ4v) is 3.80. The predicted molar refractivity (Wildman–Crippen MR) is 94.2 cm³/mol. The van der Waals surface area contributed by atoms with Crippen molar-refractivity contribution in [1.82, 2.24) is 9.55 Å². The molecule has 0 aliphatic rings. The maximum Gasteiger partial charge on any atom is 0.229 e. The first-order valence-electron chi connectivity index (χ1n) is 7.14. The zero-order chi connectivity index (χ0) is 15.7. The molecule has 1 amide bonds. The highest BCUT2D eigenvalue weighted by atomic mass is 32.1. The zero-order valence-corrected chi connectivity index (χ0v) is 14.1. The van der Waals surface area contributed by atoms with Crippen LogP contribution in [0.3, 0.4) is 0 Å². The number of benzene rings is 1. The molecular weight excluding hydrogens is 314 g/mol. The molecule has 2 aromatic heterocycles.